The minimum Gasteiger partial charge on any atom is -0.504 e. The molecular formula is C15H20N2O5. The smallest absolute Gasteiger partial charge is 0.317 e. The monoisotopic (exact) mass is 308 g/mol. The number of ketones is 1. The first-order valence-corrected chi connectivity index (χ1v) is 7.04. The molecule has 120 valence electrons. The predicted molar refractivity (Wildman–Crippen MR) is 78.7 cm³/mol. The van der Waals surface area contributed by atoms with Crippen LogP contribution in [0.2, 0.25) is 0 Å². The molecule has 0 bridgehead atoms. The first kappa shape index (κ1) is 16.1. The van der Waals surface area contributed by atoms with Crippen LogP contribution >= 0.6 is 0 Å². The van der Waals surface area contributed by atoms with Gasteiger partial charge in [-0.3, -0.25) is 4.79 Å². The summed E-state index contributed by atoms with van der Waals surface area (Å²) < 4.78 is 10.6. The first-order valence-electron chi connectivity index (χ1n) is 7.04. The average Bonchev–Trinajstić information content (AvgIpc) is 2.47. The Balaban J connectivity index is 2.40. The second-order valence-electron chi connectivity index (χ2n) is 5.04. The maximum Gasteiger partial charge on any atom is 0.317 e. The van der Waals surface area contributed by atoms with Gasteiger partial charge in [-0.2, -0.15) is 0 Å². The number of aromatic hydroxyl groups is 1. The van der Waals surface area contributed by atoms with E-state index in [1.807, 2.05) is 0 Å². The molecule has 1 aliphatic rings. The number of benzene rings is 1. The van der Waals surface area contributed by atoms with Crippen molar-refractivity contribution in [2.24, 2.45) is 5.92 Å². The Morgan fingerprint density at radius 3 is 2.68 bits per heavy atom. The molecular weight excluding hydrogens is 288 g/mol. The number of amides is 2. The SMILES string of the molecule is CCOC1NC(=O)NC(c2ccc(O)c(OC)c2)C1C(C)=O. The third-order valence-corrected chi connectivity index (χ3v) is 3.62. The van der Waals surface area contributed by atoms with Crippen LogP contribution in [0, 0.1) is 5.92 Å². The van der Waals surface area contributed by atoms with Crippen molar-refractivity contribution in [3.05, 3.63) is 23.8 Å². The van der Waals surface area contributed by atoms with Gasteiger partial charge in [0.2, 0.25) is 0 Å². The van der Waals surface area contributed by atoms with Crippen molar-refractivity contribution in [1.29, 1.82) is 0 Å². The number of phenols is 1. The summed E-state index contributed by atoms with van der Waals surface area (Å²) in [4.78, 5) is 23.9. The molecule has 22 heavy (non-hydrogen) atoms. The van der Waals surface area contributed by atoms with Gasteiger partial charge in [0.1, 0.15) is 12.0 Å². The molecule has 2 amide bonds. The highest BCUT2D eigenvalue weighted by Crippen LogP contribution is 2.34. The lowest BCUT2D eigenvalue weighted by Gasteiger charge is -2.37. The highest BCUT2D eigenvalue weighted by molar-refractivity contribution is 5.84. The van der Waals surface area contributed by atoms with E-state index in [9.17, 15) is 14.7 Å². The summed E-state index contributed by atoms with van der Waals surface area (Å²) in [5, 5.41) is 15.0. The van der Waals surface area contributed by atoms with Gasteiger partial charge in [0.15, 0.2) is 11.5 Å². The van der Waals surface area contributed by atoms with Gasteiger partial charge in [0.25, 0.3) is 0 Å². The fourth-order valence-corrected chi connectivity index (χ4v) is 2.62. The fourth-order valence-electron chi connectivity index (χ4n) is 2.62. The van der Waals surface area contributed by atoms with Crippen LogP contribution in [0.1, 0.15) is 25.5 Å². The maximum atomic E-state index is 12.0. The van der Waals surface area contributed by atoms with E-state index >= 15 is 0 Å². The number of hydrogen-bond acceptors (Lipinski definition) is 5. The molecule has 2 rings (SSSR count). The Hall–Kier alpha value is -2.28. The van der Waals surface area contributed by atoms with Crippen LogP contribution in [0.4, 0.5) is 4.79 Å². The standard InChI is InChI=1S/C15H20N2O5/c1-4-22-14-12(8(2)18)13(16-15(20)17-14)9-5-6-10(19)11(7-9)21-3/h5-7,12-14,19H,4H2,1-3H3,(H2,16,17,20). The van der Waals surface area contributed by atoms with Crippen molar-refractivity contribution in [3.8, 4) is 11.5 Å². The number of ether oxygens (including phenoxy) is 2. The number of methoxy groups -OCH3 is 1. The van der Waals surface area contributed by atoms with Gasteiger partial charge in [-0.1, -0.05) is 6.07 Å². The van der Waals surface area contributed by atoms with Crippen molar-refractivity contribution in [1.82, 2.24) is 10.6 Å². The van der Waals surface area contributed by atoms with Crippen molar-refractivity contribution < 1.29 is 24.2 Å². The van der Waals surface area contributed by atoms with Crippen LogP contribution in [-0.2, 0) is 9.53 Å². The van der Waals surface area contributed by atoms with E-state index in [4.69, 9.17) is 9.47 Å². The highest BCUT2D eigenvalue weighted by Gasteiger charge is 2.41. The minimum atomic E-state index is -0.693. The zero-order valence-electron chi connectivity index (χ0n) is 12.8. The molecule has 3 atom stereocenters. The molecule has 1 aromatic carbocycles. The molecule has 0 aromatic heterocycles. The zero-order chi connectivity index (χ0) is 16.3. The van der Waals surface area contributed by atoms with Crippen LogP contribution in [0.5, 0.6) is 11.5 Å². The van der Waals surface area contributed by atoms with Gasteiger partial charge in [-0.25, -0.2) is 4.79 Å². The average molecular weight is 308 g/mol. The number of urea groups is 1. The molecule has 0 radical (unpaired) electrons. The molecule has 7 heteroatoms. The Kier molecular flexibility index (Phi) is 4.87. The van der Waals surface area contributed by atoms with Gasteiger partial charge in [-0.05, 0) is 31.5 Å². The molecule has 0 spiro atoms. The lowest BCUT2D eigenvalue weighted by atomic mass is 9.87. The summed E-state index contributed by atoms with van der Waals surface area (Å²) in [6, 6.07) is 3.75. The van der Waals surface area contributed by atoms with Gasteiger partial charge >= 0.3 is 6.03 Å². The second kappa shape index (κ2) is 6.65. The predicted octanol–water partition coefficient (Wildman–Crippen LogP) is 1.32. The molecule has 1 saturated heterocycles. The Labute approximate surface area is 128 Å². The first-order chi connectivity index (χ1) is 10.5. The summed E-state index contributed by atoms with van der Waals surface area (Å²) in [6.45, 7) is 3.63. The normalized spacial score (nSPS) is 24.3. The van der Waals surface area contributed by atoms with Crippen LogP contribution in [0.3, 0.4) is 0 Å². The summed E-state index contributed by atoms with van der Waals surface area (Å²) in [7, 11) is 1.44. The fraction of sp³-hybridized carbons (Fsp3) is 0.467. The molecule has 1 heterocycles. The summed E-state index contributed by atoms with van der Waals surface area (Å²) in [6.07, 6.45) is -0.693. The van der Waals surface area contributed by atoms with Crippen LogP contribution < -0.4 is 15.4 Å². The van der Waals surface area contributed by atoms with E-state index in [1.54, 1.807) is 19.1 Å². The lowest BCUT2D eigenvalue weighted by Crippen LogP contribution is -2.59. The van der Waals surface area contributed by atoms with Crippen LogP contribution in [0.25, 0.3) is 0 Å². The number of hydrogen-bond donors (Lipinski definition) is 3. The summed E-state index contributed by atoms with van der Waals surface area (Å²) in [5.74, 6) is -0.414. The van der Waals surface area contributed by atoms with E-state index in [1.165, 1.54) is 20.1 Å². The van der Waals surface area contributed by atoms with E-state index in [0.717, 1.165) is 0 Å². The number of Topliss-reactive ketones (excluding diaryl/α,β-unsaturated/α-hetero) is 1. The van der Waals surface area contributed by atoms with Gasteiger partial charge < -0.3 is 25.2 Å². The van der Waals surface area contributed by atoms with Crippen LogP contribution in [-0.4, -0.2) is 36.9 Å². The molecule has 1 fully saturated rings. The van der Waals surface area contributed by atoms with Gasteiger partial charge in [-0.15, -0.1) is 0 Å². The van der Waals surface area contributed by atoms with Crippen molar-refractivity contribution in [2.45, 2.75) is 26.1 Å². The van der Waals surface area contributed by atoms with E-state index in [-0.39, 0.29) is 17.3 Å². The Morgan fingerprint density at radius 2 is 2.09 bits per heavy atom. The lowest BCUT2D eigenvalue weighted by molar-refractivity contribution is -0.129. The van der Waals surface area contributed by atoms with Gasteiger partial charge in [0.05, 0.1) is 19.1 Å². The third-order valence-electron chi connectivity index (χ3n) is 3.62. The van der Waals surface area contributed by atoms with Crippen molar-refractivity contribution in [3.63, 3.8) is 0 Å². The Morgan fingerprint density at radius 1 is 1.36 bits per heavy atom. The number of nitrogens with one attached hydrogen (secondary N) is 2. The highest BCUT2D eigenvalue weighted by atomic mass is 16.5. The maximum absolute atomic E-state index is 12.0. The molecule has 0 saturated carbocycles. The number of rotatable bonds is 5. The largest absolute Gasteiger partial charge is 0.504 e. The van der Waals surface area contributed by atoms with Gasteiger partial charge in [0, 0.05) is 6.61 Å². The molecule has 3 unspecified atom stereocenters. The number of carbonyl (C=O) groups is 2. The molecule has 3 N–H and O–H groups in total. The quantitative estimate of drug-likeness (QED) is 0.762. The number of carbonyl (C=O) groups excluding carboxylic acids is 2. The summed E-state index contributed by atoms with van der Waals surface area (Å²) in [5.41, 5.74) is 0.661. The van der Waals surface area contributed by atoms with E-state index < -0.39 is 24.2 Å². The molecule has 1 aromatic rings. The van der Waals surface area contributed by atoms with E-state index in [0.29, 0.717) is 12.2 Å². The Bertz CT molecular complexity index is 575. The van der Waals surface area contributed by atoms with Crippen molar-refractivity contribution >= 4 is 11.8 Å². The third kappa shape index (κ3) is 3.14. The minimum absolute atomic E-state index is 0.00718. The summed E-state index contributed by atoms with van der Waals surface area (Å²) >= 11 is 0. The van der Waals surface area contributed by atoms with E-state index in [2.05, 4.69) is 10.6 Å². The number of phenolic OH excluding ortho intramolecular Hbond substituents is 1. The molecule has 7 nitrogen and oxygen atoms in total. The molecule has 1 aliphatic heterocycles. The topological polar surface area (TPSA) is 96.9 Å². The second-order valence-corrected chi connectivity index (χ2v) is 5.04. The van der Waals surface area contributed by atoms with Crippen molar-refractivity contribution in [2.75, 3.05) is 13.7 Å². The zero-order valence-corrected chi connectivity index (χ0v) is 12.8. The molecule has 0 aliphatic carbocycles. The van der Waals surface area contributed by atoms with Crippen LogP contribution in [0.15, 0.2) is 18.2 Å².